The van der Waals surface area contributed by atoms with Crippen molar-refractivity contribution in [1.82, 2.24) is 9.97 Å². The van der Waals surface area contributed by atoms with Crippen molar-refractivity contribution in [1.29, 1.82) is 0 Å². The molecule has 0 fully saturated rings. The zero-order valence-electron chi connectivity index (χ0n) is 32.6. The summed E-state index contributed by atoms with van der Waals surface area (Å²) in [6.45, 7) is 0. The van der Waals surface area contributed by atoms with Crippen LogP contribution in [0.5, 0.6) is 0 Å². The molecule has 0 bridgehead atoms. The highest BCUT2D eigenvalue weighted by atomic mass is 32.1. The van der Waals surface area contributed by atoms with E-state index in [0.717, 1.165) is 38.9 Å². The highest BCUT2D eigenvalue weighted by Gasteiger charge is 2.46. The van der Waals surface area contributed by atoms with Crippen molar-refractivity contribution in [2.45, 2.75) is 5.41 Å². The van der Waals surface area contributed by atoms with Crippen molar-refractivity contribution in [3.8, 4) is 56.2 Å². The first-order valence-corrected chi connectivity index (χ1v) is 21.3. The summed E-state index contributed by atoms with van der Waals surface area (Å²) in [5.74, 6) is 0.709. The standard InChI is InChI=1S/C57H36N2S/c1-4-16-37(17-5-1)52-36-53(39-29-33-55-49(34-39)47-25-13-15-27-54(47)60-55)59-56(58-52)48-32-31-42(43-22-10-11-23-44(43)48)38-28-30-46-45-24-12-14-26-50(45)57(51(46)35-38,40-18-6-2-7-19-40)41-20-8-3-9-21-41/h1-36H. The van der Waals surface area contributed by atoms with Gasteiger partial charge in [0, 0.05) is 36.9 Å². The predicted molar refractivity (Wildman–Crippen MR) is 251 cm³/mol. The molecule has 60 heavy (non-hydrogen) atoms. The minimum atomic E-state index is -0.472. The first-order valence-electron chi connectivity index (χ1n) is 20.5. The van der Waals surface area contributed by atoms with E-state index in [1.807, 2.05) is 11.3 Å². The molecule has 280 valence electrons. The number of hydrogen-bond donors (Lipinski definition) is 0. The third-order valence-electron chi connectivity index (χ3n) is 12.4. The average molecular weight is 781 g/mol. The van der Waals surface area contributed by atoms with Crippen molar-refractivity contribution in [3.05, 3.63) is 241 Å². The van der Waals surface area contributed by atoms with E-state index in [4.69, 9.17) is 9.97 Å². The summed E-state index contributed by atoms with van der Waals surface area (Å²) in [6, 6.07) is 79.3. The van der Waals surface area contributed by atoms with E-state index in [-0.39, 0.29) is 0 Å². The van der Waals surface area contributed by atoms with Gasteiger partial charge in [-0.25, -0.2) is 9.97 Å². The highest BCUT2D eigenvalue weighted by molar-refractivity contribution is 7.25. The second-order valence-corrected chi connectivity index (χ2v) is 16.7. The number of thiophene rings is 1. The maximum absolute atomic E-state index is 5.37. The molecule has 1 aliphatic carbocycles. The summed E-state index contributed by atoms with van der Waals surface area (Å²) in [5, 5.41) is 4.81. The molecule has 0 saturated carbocycles. The molecule has 9 aromatic carbocycles. The molecule has 0 spiro atoms. The van der Waals surface area contributed by atoms with Crippen LogP contribution in [0.4, 0.5) is 0 Å². The second-order valence-electron chi connectivity index (χ2n) is 15.6. The number of nitrogens with zero attached hydrogens (tertiary/aromatic N) is 2. The smallest absolute Gasteiger partial charge is 0.161 e. The van der Waals surface area contributed by atoms with Crippen LogP contribution in [0.25, 0.3) is 87.1 Å². The summed E-state index contributed by atoms with van der Waals surface area (Å²) in [6.07, 6.45) is 0. The van der Waals surface area contributed by atoms with E-state index >= 15 is 0 Å². The van der Waals surface area contributed by atoms with Crippen molar-refractivity contribution in [3.63, 3.8) is 0 Å². The lowest BCUT2D eigenvalue weighted by atomic mass is 9.67. The van der Waals surface area contributed by atoms with Crippen LogP contribution in [0.15, 0.2) is 218 Å². The van der Waals surface area contributed by atoms with Gasteiger partial charge in [0.1, 0.15) is 0 Å². The van der Waals surface area contributed by atoms with Gasteiger partial charge in [-0.3, -0.25) is 0 Å². The molecule has 0 radical (unpaired) electrons. The third kappa shape index (κ3) is 5.33. The molecular formula is C57H36N2S. The van der Waals surface area contributed by atoms with Crippen molar-refractivity contribution >= 4 is 42.3 Å². The predicted octanol–water partition coefficient (Wildman–Crippen LogP) is 15.0. The molecule has 12 rings (SSSR count). The van der Waals surface area contributed by atoms with E-state index in [2.05, 4.69) is 218 Å². The molecular weight excluding hydrogens is 745 g/mol. The Morgan fingerprint density at radius 1 is 0.317 bits per heavy atom. The Hall–Kier alpha value is -7.46. The van der Waals surface area contributed by atoms with E-state index in [9.17, 15) is 0 Å². The van der Waals surface area contributed by atoms with Gasteiger partial charge < -0.3 is 0 Å². The fourth-order valence-corrected chi connectivity index (χ4v) is 10.8. The van der Waals surface area contributed by atoms with Gasteiger partial charge in [-0.05, 0) is 91.7 Å². The number of fused-ring (bicyclic) bond motifs is 7. The van der Waals surface area contributed by atoms with Gasteiger partial charge in [0.2, 0.25) is 0 Å². The first kappa shape index (κ1) is 34.6. The molecule has 1 aliphatic rings. The molecule has 0 aliphatic heterocycles. The molecule has 2 aromatic heterocycles. The van der Waals surface area contributed by atoms with Gasteiger partial charge in [-0.15, -0.1) is 11.3 Å². The summed E-state index contributed by atoms with van der Waals surface area (Å²) < 4.78 is 2.57. The molecule has 0 unspecified atom stereocenters. The second kappa shape index (κ2) is 13.8. The summed E-state index contributed by atoms with van der Waals surface area (Å²) >= 11 is 1.83. The van der Waals surface area contributed by atoms with Crippen molar-refractivity contribution in [2.24, 2.45) is 0 Å². The lowest BCUT2D eigenvalue weighted by Gasteiger charge is -2.34. The summed E-state index contributed by atoms with van der Waals surface area (Å²) in [7, 11) is 0. The van der Waals surface area contributed by atoms with Crippen LogP contribution in [0.1, 0.15) is 22.3 Å². The van der Waals surface area contributed by atoms with E-state index in [0.29, 0.717) is 5.82 Å². The maximum atomic E-state index is 5.37. The van der Waals surface area contributed by atoms with Gasteiger partial charge in [0.25, 0.3) is 0 Å². The monoisotopic (exact) mass is 780 g/mol. The number of hydrogen-bond acceptors (Lipinski definition) is 3. The Morgan fingerprint density at radius 2 is 0.850 bits per heavy atom. The van der Waals surface area contributed by atoms with Crippen molar-refractivity contribution in [2.75, 3.05) is 0 Å². The summed E-state index contributed by atoms with van der Waals surface area (Å²) in [4.78, 5) is 10.7. The molecule has 0 atom stereocenters. The zero-order chi connectivity index (χ0) is 39.6. The lowest BCUT2D eigenvalue weighted by molar-refractivity contribution is 0.769. The van der Waals surface area contributed by atoms with Gasteiger partial charge in [-0.1, -0.05) is 182 Å². The average Bonchev–Trinajstić information content (AvgIpc) is 3.85. The van der Waals surface area contributed by atoms with Crippen LogP contribution in [0.2, 0.25) is 0 Å². The lowest BCUT2D eigenvalue weighted by Crippen LogP contribution is -2.28. The molecule has 0 amide bonds. The molecule has 2 heterocycles. The van der Waals surface area contributed by atoms with Crippen molar-refractivity contribution < 1.29 is 0 Å². The summed E-state index contributed by atoms with van der Waals surface area (Å²) in [5.41, 5.74) is 14.5. The first-order chi connectivity index (χ1) is 29.7. The zero-order valence-corrected chi connectivity index (χ0v) is 33.4. The minimum absolute atomic E-state index is 0.472. The minimum Gasteiger partial charge on any atom is -0.228 e. The van der Waals surface area contributed by atoms with Crippen LogP contribution in [0.3, 0.4) is 0 Å². The SMILES string of the molecule is c1ccc(-c2cc(-c3ccc4sc5ccccc5c4c3)nc(-c3ccc(-c4ccc5c(c4)C(c4ccccc4)(c4ccccc4)c4ccccc4-5)c4ccccc34)n2)cc1. The van der Waals surface area contributed by atoms with E-state index in [1.54, 1.807) is 0 Å². The van der Waals surface area contributed by atoms with Crippen LogP contribution >= 0.6 is 11.3 Å². The van der Waals surface area contributed by atoms with Crippen LogP contribution in [0, 0.1) is 0 Å². The number of rotatable bonds is 6. The number of benzene rings is 9. The fourth-order valence-electron chi connectivity index (χ4n) is 9.72. The van der Waals surface area contributed by atoms with Gasteiger partial charge in [0.05, 0.1) is 16.8 Å². The molecule has 11 aromatic rings. The van der Waals surface area contributed by atoms with Gasteiger partial charge in [0.15, 0.2) is 5.82 Å². The van der Waals surface area contributed by atoms with Gasteiger partial charge >= 0.3 is 0 Å². The van der Waals surface area contributed by atoms with E-state index in [1.165, 1.54) is 64.7 Å². The fraction of sp³-hybridized carbons (Fsp3) is 0.0175. The molecule has 0 saturated heterocycles. The van der Waals surface area contributed by atoms with Crippen LogP contribution in [-0.2, 0) is 5.41 Å². The van der Waals surface area contributed by atoms with Gasteiger partial charge in [-0.2, -0.15) is 0 Å². The Morgan fingerprint density at radius 3 is 1.60 bits per heavy atom. The van der Waals surface area contributed by atoms with E-state index < -0.39 is 5.41 Å². The largest absolute Gasteiger partial charge is 0.228 e. The quantitative estimate of drug-likeness (QED) is 0.168. The molecule has 3 heteroatoms. The highest BCUT2D eigenvalue weighted by Crippen LogP contribution is 2.57. The van der Waals surface area contributed by atoms with Crippen LogP contribution < -0.4 is 0 Å². The molecule has 0 N–H and O–H groups in total. The molecule has 2 nitrogen and oxygen atoms in total. The third-order valence-corrected chi connectivity index (χ3v) is 13.6. The Balaban J connectivity index is 1.05. The Kier molecular flexibility index (Phi) is 7.97. The topological polar surface area (TPSA) is 25.8 Å². The number of aromatic nitrogens is 2. The normalized spacial score (nSPS) is 12.8. The Labute approximate surface area is 352 Å². The van der Waals surface area contributed by atoms with Crippen LogP contribution in [-0.4, -0.2) is 9.97 Å². The maximum Gasteiger partial charge on any atom is 0.161 e. The Bertz CT molecular complexity index is 3380.